The van der Waals surface area contributed by atoms with Crippen molar-refractivity contribution in [1.82, 2.24) is 15.0 Å². The van der Waals surface area contributed by atoms with E-state index in [4.69, 9.17) is 27.8 Å². The van der Waals surface area contributed by atoms with Gasteiger partial charge in [0, 0.05) is 18.8 Å². The summed E-state index contributed by atoms with van der Waals surface area (Å²) in [5.74, 6) is -0.714. The third-order valence-corrected chi connectivity index (χ3v) is 11.3. The molecule has 5 N–H and O–H groups in total. The summed E-state index contributed by atoms with van der Waals surface area (Å²) in [4.78, 5) is 11.9. The van der Waals surface area contributed by atoms with Crippen molar-refractivity contribution < 1.29 is 145 Å². The molecule has 0 amide bonds. The monoisotopic (exact) mass is 959 g/mol. The predicted molar refractivity (Wildman–Crippen MR) is 198 cm³/mol. The molecule has 5 rings (SSSR count). The minimum absolute atomic E-state index is 0. The van der Waals surface area contributed by atoms with Gasteiger partial charge in [0.05, 0.1) is 57.3 Å². The molecule has 0 unspecified atom stereocenters. The third-order valence-electron chi connectivity index (χ3n) is 7.27. The van der Waals surface area contributed by atoms with E-state index >= 15 is 0 Å². The molecule has 308 valence electrons. The molecule has 1 aliphatic rings. The van der Waals surface area contributed by atoms with Crippen molar-refractivity contribution in [2.24, 2.45) is 20.5 Å². The van der Waals surface area contributed by atoms with Crippen molar-refractivity contribution in [1.29, 1.82) is 0 Å². The Morgan fingerprint density at radius 1 is 0.767 bits per heavy atom. The average Bonchev–Trinajstić information content (AvgIpc) is 3.10. The van der Waals surface area contributed by atoms with E-state index in [0.717, 1.165) is 36.4 Å². The maximum absolute atomic E-state index is 12.4. The van der Waals surface area contributed by atoms with E-state index in [1.807, 2.05) is 0 Å². The first-order chi connectivity index (χ1) is 26.1. The molecule has 4 aromatic rings. The Labute approximate surface area is 415 Å². The molecule has 24 nitrogen and oxygen atoms in total. The first-order valence-electron chi connectivity index (χ1n) is 15.2. The van der Waals surface area contributed by atoms with E-state index in [-0.39, 0.29) is 130 Å². The summed E-state index contributed by atoms with van der Waals surface area (Å²) in [5.41, 5.74) is 9.00. The van der Waals surface area contributed by atoms with Gasteiger partial charge in [0.2, 0.25) is 27.6 Å². The van der Waals surface area contributed by atoms with Crippen LogP contribution >= 0.6 is 11.6 Å². The van der Waals surface area contributed by atoms with Crippen LogP contribution in [0.25, 0.3) is 0 Å². The quantitative estimate of drug-likeness (QED) is 0.0348. The van der Waals surface area contributed by atoms with E-state index in [0.29, 0.717) is 32.4 Å². The minimum Gasteiger partial charge on any atom is -0.744 e. The van der Waals surface area contributed by atoms with Crippen molar-refractivity contribution >= 4 is 104 Å². The summed E-state index contributed by atoms with van der Waals surface area (Å²) < 4.78 is 139. The van der Waals surface area contributed by atoms with Crippen LogP contribution in [-0.4, -0.2) is 101 Å². The Balaban J connectivity index is 0.00000450. The van der Waals surface area contributed by atoms with Crippen LogP contribution in [0.2, 0.25) is 5.28 Å². The molecule has 3 aromatic carbocycles. The number of sulfone groups is 1. The van der Waals surface area contributed by atoms with Crippen molar-refractivity contribution in [2.45, 2.75) is 22.1 Å². The first kappa shape index (κ1) is 56.0. The third kappa shape index (κ3) is 15.3. The van der Waals surface area contributed by atoms with Gasteiger partial charge < -0.3 is 40.1 Å². The normalized spacial score (nSPS) is 13.5. The van der Waals surface area contributed by atoms with Gasteiger partial charge in [-0.1, -0.05) is 7.43 Å². The van der Waals surface area contributed by atoms with Crippen LogP contribution in [0.5, 0.6) is 0 Å². The standard InChI is InChI=1S/C27H28ClN11O13S4.CH4.3Na/c28-25-32-26(34-27(33-25)39-7-9-51-10-8-39)31-16-3-6-20(54(42,43)44)18(13-16)36-37-19-14-21(55(45,46)47)23(30)24(22(19)29)38-35-15-1-4-17(5-2-15)53(40,41)12-11-52-56(48,49)50;;;;/h1-6,13-14H,7-12,29-30H2,(H,42,43,44)(H,45,46,47)(H,48,49,50)(H,31,32,33,34);1H4;;;/q;;3*+1/p-3. The number of ether oxygens (including phenoxy) is 1. The van der Waals surface area contributed by atoms with Gasteiger partial charge in [-0.3, -0.25) is 4.18 Å². The van der Waals surface area contributed by atoms with Crippen molar-refractivity contribution in [3.05, 3.63) is 53.8 Å². The second-order valence-corrected chi connectivity index (χ2v) is 17.3. The largest absolute Gasteiger partial charge is 1.00 e. The number of nitrogen functional groups attached to an aromatic ring is 2. The van der Waals surface area contributed by atoms with Gasteiger partial charge in [0.15, 0.2) is 9.84 Å². The number of azo groups is 2. The van der Waals surface area contributed by atoms with Crippen LogP contribution < -0.4 is 110 Å². The Morgan fingerprint density at radius 2 is 1.37 bits per heavy atom. The number of halogens is 1. The van der Waals surface area contributed by atoms with Crippen molar-refractivity contribution in [3.8, 4) is 0 Å². The number of hydrogen-bond acceptors (Lipinski definition) is 24. The number of aromatic nitrogens is 3. The molecule has 0 aliphatic carbocycles. The minimum atomic E-state index is -5.35. The number of anilines is 5. The van der Waals surface area contributed by atoms with E-state index in [1.165, 1.54) is 6.07 Å². The number of nitrogens with two attached hydrogens (primary N) is 2. The van der Waals surface area contributed by atoms with Gasteiger partial charge in [-0.15, -0.1) is 15.3 Å². The van der Waals surface area contributed by atoms with Gasteiger partial charge in [0.1, 0.15) is 37.3 Å². The predicted octanol–water partition coefficient (Wildman–Crippen LogP) is -6.19. The molecular formula is C28H29ClN11Na3O13S4. The maximum atomic E-state index is 12.4. The SMILES string of the molecule is C.Nc1c(N=Nc2cc(Nc3nc(Cl)nc(N4CCOCC4)n3)ccc2S(=O)(=O)[O-])cc(S(=O)(=O)[O-])c(N)c1N=Nc1ccc(S(=O)(=O)CCOS(=O)(=O)[O-])cc1.[Na+].[Na+].[Na+]. The zero-order valence-electron chi connectivity index (χ0n) is 30.9. The molecule has 32 heteroatoms. The molecule has 0 spiro atoms. The zero-order valence-corrected chi connectivity index (χ0v) is 40.9. The molecular weight excluding hydrogens is 931 g/mol. The molecule has 1 saturated heterocycles. The number of nitrogens with zero attached hydrogens (tertiary/aromatic N) is 8. The summed E-state index contributed by atoms with van der Waals surface area (Å²) in [6, 6.07) is 8.11. The van der Waals surface area contributed by atoms with E-state index in [2.05, 4.69) is 44.9 Å². The van der Waals surface area contributed by atoms with Gasteiger partial charge in [-0.25, -0.2) is 33.7 Å². The van der Waals surface area contributed by atoms with Crippen LogP contribution in [0.4, 0.5) is 51.7 Å². The number of nitrogens with one attached hydrogen (secondary N) is 1. The van der Waals surface area contributed by atoms with Gasteiger partial charge in [-0.2, -0.15) is 20.1 Å². The number of hydrogen-bond donors (Lipinski definition) is 3. The maximum Gasteiger partial charge on any atom is 1.00 e. The Morgan fingerprint density at radius 3 is 1.95 bits per heavy atom. The van der Waals surface area contributed by atoms with E-state index in [9.17, 15) is 47.3 Å². The van der Waals surface area contributed by atoms with Gasteiger partial charge in [-0.05, 0) is 60.1 Å². The number of rotatable bonds is 14. The summed E-state index contributed by atoms with van der Waals surface area (Å²) in [6.07, 6.45) is 0. The molecule has 0 atom stereocenters. The van der Waals surface area contributed by atoms with Crippen LogP contribution in [0.15, 0.2) is 83.7 Å². The molecule has 60 heavy (non-hydrogen) atoms. The van der Waals surface area contributed by atoms with Crippen LogP contribution in [-0.2, 0) is 49.4 Å². The fourth-order valence-corrected chi connectivity index (χ4v) is 7.52. The molecule has 0 saturated carbocycles. The summed E-state index contributed by atoms with van der Waals surface area (Å²) >= 11 is 6.10. The summed E-state index contributed by atoms with van der Waals surface area (Å²) in [5, 5.41) is 17.8. The Bertz CT molecular complexity index is 2680. The summed E-state index contributed by atoms with van der Waals surface area (Å²) in [6.45, 7) is 0.833. The van der Waals surface area contributed by atoms with Crippen LogP contribution in [0, 0.1) is 0 Å². The number of morpholine rings is 1. The zero-order chi connectivity index (χ0) is 41.1. The van der Waals surface area contributed by atoms with Crippen molar-refractivity contribution in [2.75, 3.05) is 60.3 Å². The first-order valence-corrected chi connectivity index (χ1v) is 21.3. The van der Waals surface area contributed by atoms with Crippen molar-refractivity contribution in [3.63, 3.8) is 0 Å². The summed E-state index contributed by atoms with van der Waals surface area (Å²) in [7, 11) is -19.8. The second kappa shape index (κ2) is 23.1. The Hall–Kier alpha value is -2.04. The van der Waals surface area contributed by atoms with Crippen LogP contribution in [0.1, 0.15) is 7.43 Å². The fraction of sp³-hybridized carbons (Fsp3) is 0.250. The molecule has 2 heterocycles. The fourth-order valence-electron chi connectivity index (χ4n) is 4.67. The average molecular weight is 960 g/mol. The molecule has 1 aromatic heterocycles. The Kier molecular flexibility index (Phi) is 21.5. The van der Waals surface area contributed by atoms with E-state index < -0.39 is 91.1 Å². The topological polar surface area (TPSA) is 380 Å². The smallest absolute Gasteiger partial charge is 0.744 e. The molecule has 0 radical (unpaired) electrons. The number of benzene rings is 3. The van der Waals surface area contributed by atoms with Crippen LogP contribution in [0.3, 0.4) is 0 Å². The second-order valence-electron chi connectivity index (χ2n) is 11.1. The van der Waals surface area contributed by atoms with E-state index in [1.54, 1.807) is 4.90 Å². The molecule has 0 bridgehead atoms. The van der Waals surface area contributed by atoms with Gasteiger partial charge in [0.25, 0.3) is 0 Å². The van der Waals surface area contributed by atoms with Gasteiger partial charge >= 0.3 is 88.7 Å². The molecule has 1 fully saturated rings. The molecule has 1 aliphatic heterocycles.